The van der Waals surface area contributed by atoms with Crippen molar-refractivity contribution in [2.75, 3.05) is 0 Å². The molecule has 0 aliphatic heterocycles. The number of ether oxygens (including phenoxy) is 2. The van der Waals surface area contributed by atoms with Crippen LogP contribution in [0.4, 0.5) is 0 Å². The van der Waals surface area contributed by atoms with Crippen LogP contribution in [0.25, 0.3) is 0 Å². The summed E-state index contributed by atoms with van der Waals surface area (Å²) in [5, 5.41) is 10.6. The summed E-state index contributed by atoms with van der Waals surface area (Å²) in [5.74, 6) is -2.57. The van der Waals surface area contributed by atoms with Crippen LogP contribution in [0.3, 0.4) is 0 Å². The molecular weight excluding hydrogens is 380 g/mol. The molecule has 0 saturated carbocycles. The predicted molar refractivity (Wildman–Crippen MR) is 112 cm³/mol. The van der Waals surface area contributed by atoms with E-state index in [0.717, 1.165) is 16.7 Å². The van der Waals surface area contributed by atoms with Crippen molar-refractivity contribution in [3.05, 3.63) is 108 Å². The van der Waals surface area contributed by atoms with E-state index in [1.807, 2.05) is 91.0 Å². The van der Waals surface area contributed by atoms with Crippen LogP contribution in [0.2, 0.25) is 0 Å². The minimum Gasteiger partial charge on any atom is -0.461 e. The Morgan fingerprint density at radius 1 is 0.633 bits per heavy atom. The van der Waals surface area contributed by atoms with Gasteiger partial charge >= 0.3 is 11.9 Å². The second kappa shape index (κ2) is 10.9. The number of esters is 2. The molecule has 1 N–H and O–H groups in total. The molecule has 0 bridgehead atoms. The number of rotatable bonds is 9. The summed E-state index contributed by atoms with van der Waals surface area (Å²) in [5.41, 5.74) is 2.43. The normalized spacial score (nSPS) is 12.6. The SMILES string of the molecule is O=C(OCc1ccccc1)[C@@H](Cc1ccccc1)[C@@H](O)C(=O)OCc1ccccc1. The maximum Gasteiger partial charge on any atom is 0.336 e. The molecule has 3 rings (SSSR count). The van der Waals surface area contributed by atoms with Crippen LogP contribution in [0, 0.1) is 5.92 Å². The zero-order valence-electron chi connectivity index (χ0n) is 16.5. The molecule has 0 unspecified atom stereocenters. The fraction of sp³-hybridized carbons (Fsp3) is 0.200. The summed E-state index contributed by atoms with van der Waals surface area (Å²) in [7, 11) is 0. The number of benzene rings is 3. The number of aliphatic hydroxyl groups is 1. The van der Waals surface area contributed by atoms with Crippen LogP contribution in [0.15, 0.2) is 91.0 Å². The summed E-state index contributed by atoms with van der Waals surface area (Å²) < 4.78 is 10.6. The fourth-order valence-electron chi connectivity index (χ4n) is 3.01. The minimum absolute atomic E-state index is 0.0217. The van der Waals surface area contributed by atoms with Crippen LogP contribution in [0.1, 0.15) is 16.7 Å². The van der Waals surface area contributed by atoms with Crippen LogP contribution < -0.4 is 0 Å². The fourth-order valence-corrected chi connectivity index (χ4v) is 3.01. The highest BCUT2D eigenvalue weighted by molar-refractivity contribution is 5.84. The van der Waals surface area contributed by atoms with Crippen molar-refractivity contribution in [1.29, 1.82) is 0 Å². The molecule has 5 heteroatoms. The number of hydrogen-bond acceptors (Lipinski definition) is 5. The van der Waals surface area contributed by atoms with Crippen LogP contribution in [0.5, 0.6) is 0 Å². The molecule has 30 heavy (non-hydrogen) atoms. The molecule has 154 valence electrons. The molecule has 2 atom stereocenters. The van der Waals surface area contributed by atoms with E-state index in [1.165, 1.54) is 0 Å². The van der Waals surface area contributed by atoms with Gasteiger partial charge in [-0.25, -0.2) is 4.79 Å². The van der Waals surface area contributed by atoms with E-state index in [-0.39, 0.29) is 19.6 Å². The third-order valence-corrected chi connectivity index (χ3v) is 4.67. The minimum atomic E-state index is -1.63. The average molecular weight is 404 g/mol. The van der Waals surface area contributed by atoms with E-state index in [1.54, 1.807) is 0 Å². The summed E-state index contributed by atoms with van der Waals surface area (Å²) in [6.07, 6.45) is -1.46. The molecule has 3 aromatic rings. The van der Waals surface area contributed by atoms with Crippen molar-refractivity contribution in [2.24, 2.45) is 5.92 Å². The quantitative estimate of drug-likeness (QED) is 0.551. The van der Waals surface area contributed by atoms with Gasteiger partial charge in [0.2, 0.25) is 0 Å². The number of carbonyl (C=O) groups excluding carboxylic acids is 2. The lowest BCUT2D eigenvalue weighted by Gasteiger charge is -2.21. The molecule has 0 heterocycles. The Hall–Kier alpha value is -3.44. The molecule has 3 aromatic carbocycles. The van der Waals surface area contributed by atoms with Gasteiger partial charge in [-0.15, -0.1) is 0 Å². The van der Waals surface area contributed by atoms with Crippen molar-refractivity contribution < 1.29 is 24.2 Å². The number of carbonyl (C=O) groups is 2. The topological polar surface area (TPSA) is 72.8 Å². The Bertz CT molecular complexity index is 926. The van der Waals surface area contributed by atoms with Gasteiger partial charge in [-0.1, -0.05) is 91.0 Å². The largest absolute Gasteiger partial charge is 0.461 e. The second-order valence-corrected chi connectivity index (χ2v) is 6.93. The third kappa shape index (κ3) is 6.29. The molecule has 0 fully saturated rings. The Morgan fingerprint density at radius 2 is 1.03 bits per heavy atom. The van der Waals surface area contributed by atoms with E-state index < -0.39 is 24.0 Å². The Kier molecular flexibility index (Phi) is 7.75. The molecule has 0 aromatic heterocycles. The number of hydrogen-bond donors (Lipinski definition) is 1. The summed E-state index contributed by atoms with van der Waals surface area (Å²) in [4.78, 5) is 25.2. The highest BCUT2D eigenvalue weighted by atomic mass is 16.6. The first kappa shape index (κ1) is 21.3. The average Bonchev–Trinajstić information content (AvgIpc) is 2.81. The van der Waals surface area contributed by atoms with Gasteiger partial charge in [0.15, 0.2) is 6.10 Å². The van der Waals surface area contributed by atoms with E-state index >= 15 is 0 Å². The lowest BCUT2D eigenvalue weighted by atomic mass is 9.94. The molecule has 0 amide bonds. The first-order valence-corrected chi connectivity index (χ1v) is 9.76. The lowest BCUT2D eigenvalue weighted by Crippen LogP contribution is -2.38. The standard InChI is InChI=1S/C25H24O5/c26-23(25(28)30-18-21-14-8-3-9-15-21)22(16-19-10-4-1-5-11-19)24(27)29-17-20-12-6-2-7-13-20/h1-15,22-23,26H,16-18H2/t22-,23+/m0/s1. The summed E-state index contributed by atoms with van der Waals surface area (Å²) in [6, 6.07) is 27.6. The summed E-state index contributed by atoms with van der Waals surface area (Å²) in [6.45, 7) is 0.0879. The van der Waals surface area contributed by atoms with Crippen LogP contribution in [-0.2, 0) is 38.7 Å². The van der Waals surface area contributed by atoms with Gasteiger partial charge in [0.05, 0.1) is 5.92 Å². The maximum atomic E-state index is 12.8. The number of aliphatic hydroxyl groups excluding tert-OH is 1. The lowest BCUT2D eigenvalue weighted by molar-refractivity contribution is -0.168. The third-order valence-electron chi connectivity index (χ3n) is 4.67. The molecule has 0 aliphatic rings. The Labute approximate surface area is 175 Å². The zero-order valence-corrected chi connectivity index (χ0v) is 16.5. The van der Waals surface area contributed by atoms with Gasteiger partial charge in [-0.2, -0.15) is 0 Å². The molecule has 0 radical (unpaired) electrons. The Balaban J connectivity index is 1.67. The van der Waals surface area contributed by atoms with Crippen LogP contribution in [-0.4, -0.2) is 23.1 Å². The predicted octanol–water partition coefficient (Wildman–Crippen LogP) is 3.69. The van der Waals surface area contributed by atoms with Gasteiger partial charge in [0.1, 0.15) is 13.2 Å². The molecular formula is C25H24O5. The second-order valence-electron chi connectivity index (χ2n) is 6.93. The van der Waals surface area contributed by atoms with E-state index in [9.17, 15) is 14.7 Å². The highest BCUT2D eigenvalue weighted by Crippen LogP contribution is 2.18. The Morgan fingerprint density at radius 3 is 1.50 bits per heavy atom. The first-order valence-electron chi connectivity index (χ1n) is 9.76. The molecule has 0 saturated heterocycles. The maximum absolute atomic E-state index is 12.8. The van der Waals surface area contributed by atoms with E-state index in [4.69, 9.17) is 9.47 Å². The van der Waals surface area contributed by atoms with Gasteiger partial charge in [-0.3, -0.25) is 4.79 Å². The zero-order chi connectivity index (χ0) is 21.2. The highest BCUT2D eigenvalue weighted by Gasteiger charge is 2.35. The van der Waals surface area contributed by atoms with Crippen molar-refractivity contribution in [2.45, 2.75) is 25.7 Å². The van der Waals surface area contributed by atoms with Crippen molar-refractivity contribution in [3.63, 3.8) is 0 Å². The van der Waals surface area contributed by atoms with Crippen molar-refractivity contribution in [3.8, 4) is 0 Å². The van der Waals surface area contributed by atoms with E-state index in [2.05, 4.69) is 0 Å². The summed E-state index contributed by atoms with van der Waals surface area (Å²) >= 11 is 0. The van der Waals surface area contributed by atoms with Gasteiger partial charge < -0.3 is 14.6 Å². The van der Waals surface area contributed by atoms with Gasteiger partial charge in [0.25, 0.3) is 0 Å². The van der Waals surface area contributed by atoms with E-state index in [0.29, 0.717) is 0 Å². The first-order chi connectivity index (χ1) is 14.6. The van der Waals surface area contributed by atoms with Crippen molar-refractivity contribution >= 4 is 11.9 Å². The molecule has 0 aliphatic carbocycles. The smallest absolute Gasteiger partial charge is 0.336 e. The van der Waals surface area contributed by atoms with Crippen LogP contribution >= 0.6 is 0 Å². The van der Waals surface area contributed by atoms with Gasteiger partial charge in [0, 0.05) is 0 Å². The monoisotopic (exact) mass is 404 g/mol. The molecule has 0 spiro atoms. The van der Waals surface area contributed by atoms with Gasteiger partial charge in [-0.05, 0) is 23.1 Å². The van der Waals surface area contributed by atoms with Crippen molar-refractivity contribution in [1.82, 2.24) is 0 Å². The molecule has 5 nitrogen and oxygen atoms in total.